The third-order valence-electron chi connectivity index (χ3n) is 4.18. The van der Waals surface area contributed by atoms with E-state index in [1.807, 2.05) is 0 Å². The van der Waals surface area contributed by atoms with Crippen LogP contribution in [0.5, 0.6) is 0 Å². The molecule has 0 bridgehead atoms. The van der Waals surface area contributed by atoms with Gasteiger partial charge in [-0.05, 0) is 18.6 Å². The van der Waals surface area contributed by atoms with Crippen LogP contribution in [0.25, 0.3) is 0 Å². The SMILES string of the molecule is CCCCCC(=O)CCN1C(=O)CCN1C(=O)OC(=O)c1ccccc1. The highest BCUT2D eigenvalue weighted by atomic mass is 16.6. The quantitative estimate of drug-likeness (QED) is 0.404. The number of ketones is 1. The number of rotatable bonds is 8. The Morgan fingerprint density at radius 3 is 2.50 bits per heavy atom. The zero-order chi connectivity index (χ0) is 18.9. The molecule has 0 N–H and O–H groups in total. The molecule has 7 heteroatoms. The second-order valence-electron chi connectivity index (χ2n) is 6.16. The molecule has 0 saturated carbocycles. The standard InChI is InChI=1S/C19H24N2O5/c1-2-3-5-10-16(22)11-13-20-17(23)12-14-21(20)19(25)26-18(24)15-8-6-4-7-9-15/h4,6-9H,2-3,5,10-14H2,1H3. The van der Waals surface area contributed by atoms with Crippen LogP contribution in [0.15, 0.2) is 30.3 Å². The van der Waals surface area contributed by atoms with Gasteiger partial charge in [-0.15, -0.1) is 0 Å². The number of Topliss-reactive ketones (excluding diaryl/α,β-unsaturated/α-hetero) is 1. The van der Waals surface area contributed by atoms with Crippen molar-refractivity contribution in [3.63, 3.8) is 0 Å². The highest BCUT2D eigenvalue weighted by Crippen LogP contribution is 2.16. The van der Waals surface area contributed by atoms with E-state index in [-0.39, 0.29) is 43.2 Å². The van der Waals surface area contributed by atoms with E-state index in [2.05, 4.69) is 6.92 Å². The van der Waals surface area contributed by atoms with E-state index in [1.165, 1.54) is 17.1 Å². The van der Waals surface area contributed by atoms with Gasteiger partial charge in [-0.1, -0.05) is 38.0 Å². The third kappa shape index (κ3) is 5.40. The fraction of sp³-hybridized carbons (Fsp3) is 0.474. The minimum atomic E-state index is -0.900. The largest absolute Gasteiger partial charge is 0.436 e. The molecular weight excluding hydrogens is 336 g/mol. The van der Waals surface area contributed by atoms with Gasteiger partial charge in [-0.3, -0.25) is 9.59 Å². The minimum Gasteiger partial charge on any atom is -0.371 e. The maximum Gasteiger partial charge on any atom is 0.436 e. The van der Waals surface area contributed by atoms with Gasteiger partial charge in [0.25, 0.3) is 0 Å². The number of esters is 1. The monoisotopic (exact) mass is 360 g/mol. The van der Waals surface area contributed by atoms with Gasteiger partial charge in [-0.2, -0.15) is 0 Å². The lowest BCUT2D eigenvalue weighted by Gasteiger charge is -2.26. The number of unbranched alkanes of at least 4 members (excludes halogenated alkanes) is 2. The fourth-order valence-electron chi connectivity index (χ4n) is 2.71. The Morgan fingerprint density at radius 1 is 1.08 bits per heavy atom. The second-order valence-corrected chi connectivity index (χ2v) is 6.16. The van der Waals surface area contributed by atoms with Crippen molar-refractivity contribution in [2.24, 2.45) is 0 Å². The first-order valence-corrected chi connectivity index (χ1v) is 8.93. The Kier molecular flexibility index (Phi) is 7.32. The highest BCUT2D eigenvalue weighted by molar-refractivity contribution is 5.97. The van der Waals surface area contributed by atoms with Crippen LogP contribution in [0, 0.1) is 0 Å². The second kappa shape index (κ2) is 9.70. The lowest BCUT2D eigenvalue weighted by Crippen LogP contribution is -2.44. The van der Waals surface area contributed by atoms with E-state index < -0.39 is 12.1 Å². The molecule has 1 fully saturated rings. The van der Waals surface area contributed by atoms with Crippen LogP contribution in [0.1, 0.15) is 55.8 Å². The summed E-state index contributed by atoms with van der Waals surface area (Å²) in [6.07, 6.45) is 2.78. The molecule has 1 aromatic carbocycles. The first-order valence-electron chi connectivity index (χ1n) is 8.93. The molecule has 0 aromatic heterocycles. The number of hydrazine groups is 1. The van der Waals surface area contributed by atoms with Gasteiger partial charge in [0.2, 0.25) is 5.91 Å². The van der Waals surface area contributed by atoms with E-state index in [4.69, 9.17) is 4.74 Å². The maximum atomic E-state index is 12.2. The number of benzene rings is 1. The minimum absolute atomic E-state index is 0.0619. The third-order valence-corrected chi connectivity index (χ3v) is 4.18. The Hall–Kier alpha value is -2.70. The van der Waals surface area contributed by atoms with Gasteiger partial charge >= 0.3 is 12.1 Å². The Morgan fingerprint density at radius 2 is 1.81 bits per heavy atom. The average molecular weight is 360 g/mol. The summed E-state index contributed by atoms with van der Waals surface area (Å²) in [5.74, 6) is -0.965. The van der Waals surface area contributed by atoms with Gasteiger partial charge in [0.05, 0.1) is 12.1 Å². The summed E-state index contributed by atoms with van der Waals surface area (Å²) in [5.41, 5.74) is 0.254. The van der Waals surface area contributed by atoms with Crippen molar-refractivity contribution in [3.8, 4) is 0 Å². The lowest BCUT2D eigenvalue weighted by molar-refractivity contribution is -0.136. The summed E-state index contributed by atoms with van der Waals surface area (Å²) in [6, 6.07) is 8.15. The number of amides is 2. The molecule has 1 saturated heterocycles. The van der Waals surface area contributed by atoms with Gasteiger partial charge < -0.3 is 4.74 Å². The van der Waals surface area contributed by atoms with E-state index in [1.54, 1.807) is 18.2 Å². The first-order chi connectivity index (χ1) is 12.5. The molecule has 2 amide bonds. The Bertz CT molecular complexity index is 659. The van der Waals surface area contributed by atoms with Gasteiger partial charge in [0, 0.05) is 25.8 Å². The average Bonchev–Trinajstić information content (AvgIpc) is 3.01. The Labute approximate surface area is 152 Å². The van der Waals surface area contributed by atoms with Crippen molar-refractivity contribution in [1.29, 1.82) is 0 Å². The summed E-state index contributed by atoms with van der Waals surface area (Å²) in [7, 11) is 0. The first kappa shape index (κ1) is 19.6. The molecule has 7 nitrogen and oxygen atoms in total. The van der Waals surface area contributed by atoms with Crippen LogP contribution in [-0.2, 0) is 14.3 Å². The molecule has 2 rings (SSSR count). The molecule has 1 aliphatic heterocycles. The van der Waals surface area contributed by atoms with Crippen molar-refractivity contribution >= 4 is 23.8 Å². The molecule has 1 heterocycles. The zero-order valence-electron chi connectivity index (χ0n) is 15.0. The van der Waals surface area contributed by atoms with E-state index in [0.717, 1.165) is 24.3 Å². The van der Waals surface area contributed by atoms with E-state index in [9.17, 15) is 19.2 Å². The van der Waals surface area contributed by atoms with E-state index >= 15 is 0 Å². The normalized spacial score (nSPS) is 13.8. The molecular formula is C19H24N2O5. The highest BCUT2D eigenvalue weighted by Gasteiger charge is 2.34. The fourth-order valence-corrected chi connectivity index (χ4v) is 2.71. The molecule has 0 atom stereocenters. The molecule has 26 heavy (non-hydrogen) atoms. The summed E-state index contributed by atoms with van der Waals surface area (Å²) in [5, 5.41) is 2.31. The number of nitrogens with zero attached hydrogens (tertiary/aromatic N) is 2. The number of ether oxygens (including phenoxy) is 1. The molecule has 0 radical (unpaired) electrons. The van der Waals surface area contributed by atoms with Crippen LogP contribution in [0.2, 0.25) is 0 Å². The molecule has 140 valence electrons. The predicted octanol–water partition coefficient (Wildman–Crippen LogP) is 2.95. The van der Waals surface area contributed by atoms with Crippen LogP contribution in [0.4, 0.5) is 4.79 Å². The van der Waals surface area contributed by atoms with Gasteiger partial charge in [0.15, 0.2) is 0 Å². The van der Waals surface area contributed by atoms with Crippen LogP contribution in [-0.4, -0.2) is 46.9 Å². The molecule has 0 aliphatic carbocycles. The smallest absolute Gasteiger partial charge is 0.371 e. The van der Waals surface area contributed by atoms with Gasteiger partial charge in [0.1, 0.15) is 5.78 Å². The van der Waals surface area contributed by atoms with E-state index in [0.29, 0.717) is 6.42 Å². The van der Waals surface area contributed by atoms with Crippen molar-refractivity contribution < 1.29 is 23.9 Å². The molecule has 1 aromatic rings. The molecule has 0 spiro atoms. The van der Waals surface area contributed by atoms with Crippen molar-refractivity contribution in [1.82, 2.24) is 10.0 Å². The van der Waals surface area contributed by atoms with Crippen molar-refractivity contribution in [2.75, 3.05) is 13.1 Å². The molecule has 0 unspecified atom stereocenters. The number of carbonyl (C=O) groups excluding carboxylic acids is 4. The van der Waals surface area contributed by atoms with Crippen LogP contribution < -0.4 is 0 Å². The lowest BCUT2D eigenvalue weighted by atomic mass is 10.1. The molecule has 1 aliphatic rings. The number of carbonyl (C=O) groups is 4. The Balaban J connectivity index is 1.88. The summed E-state index contributed by atoms with van der Waals surface area (Å²) in [6.45, 7) is 2.33. The maximum absolute atomic E-state index is 12.2. The van der Waals surface area contributed by atoms with Crippen LogP contribution >= 0.6 is 0 Å². The van der Waals surface area contributed by atoms with Gasteiger partial charge in [-0.25, -0.2) is 19.6 Å². The van der Waals surface area contributed by atoms with Crippen LogP contribution in [0.3, 0.4) is 0 Å². The summed E-state index contributed by atoms with van der Waals surface area (Å²) >= 11 is 0. The zero-order valence-corrected chi connectivity index (χ0v) is 15.0. The predicted molar refractivity (Wildman–Crippen MR) is 94.1 cm³/mol. The van der Waals surface area contributed by atoms with Crippen molar-refractivity contribution in [2.45, 2.75) is 45.4 Å². The topological polar surface area (TPSA) is 84.0 Å². The van der Waals surface area contributed by atoms with Crippen molar-refractivity contribution in [3.05, 3.63) is 35.9 Å². The number of hydrogen-bond acceptors (Lipinski definition) is 5. The summed E-state index contributed by atoms with van der Waals surface area (Å²) in [4.78, 5) is 48.1. The number of hydrogen-bond donors (Lipinski definition) is 0. The summed E-state index contributed by atoms with van der Waals surface area (Å²) < 4.78 is 4.85.